The molecule has 140 valence electrons. The van der Waals surface area contributed by atoms with Crippen LogP contribution in [0, 0.1) is 0 Å². The fourth-order valence-electron chi connectivity index (χ4n) is 3.29. The molecule has 6 nitrogen and oxygen atoms in total. The van der Waals surface area contributed by atoms with Crippen LogP contribution in [-0.4, -0.2) is 31.6 Å². The lowest BCUT2D eigenvalue weighted by molar-refractivity contribution is 0.590. The van der Waals surface area contributed by atoms with Crippen molar-refractivity contribution in [3.63, 3.8) is 0 Å². The van der Waals surface area contributed by atoms with Crippen molar-refractivity contribution in [3.8, 4) is 0 Å². The highest BCUT2D eigenvalue weighted by Gasteiger charge is 2.37. The summed E-state index contributed by atoms with van der Waals surface area (Å²) >= 11 is 0. The molecule has 0 saturated heterocycles. The fourth-order valence-corrected chi connectivity index (χ4v) is 4.69. The largest absolute Gasteiger partial charge is 0.335 e. The van der Waals surface area contributed by atoms with Crippen LogP contribution in [0.4, 0.5) is 11.6 Å². The number of aromatic nitrogens is 2. The minimum Gasteiger partial charge on any atom is -0.335 e. The van der Waals surface area contributed by atoms with Gasteiger partial charge in [0.1, 0.15) is 6.67 Å². The summed E-state index contributed by atoms with van der Waals surface area (Å²) in [7, 11) is -3.70. The van der Waals surface area contributed by atoms with Crippen molar-refractivity contribution < 1.29 is 8.42 Å². The Bertz CT molecular complexity index is 1050. The molecule has 0 radical (unpaired) electrons. The Morgan fingerprint density at radius 3 is 2.19 bits per heavy atom. The summed E-state index contributed by atoms with van der Waals surface area (Å²) < 4.78 is 27.9. The summed E-state index contributed by atoms with van der Waals surface area (Å²) in [5.74, 6) is 1.05. The van der Waals surface area contributed by atoms with Crippen LogP contribution in [-0.2, 0) is 10.0 Å². The Kier molecular flexibility index (Phi) is 4.70. The van der Waals surface area contributed by atoms with Crippen molar-refractivity contribution in [1.82, 2.24) is 9.97 Å². The SMILES string of the molecule is CCCCCN1CN(S(=O)(=O)c2ccccc2)c2nc3ccccc3nc21. The topological polar surface area (TPSA) is 66.4 Å². The molecule has 0 unspecified atom stereocenters. The standard InChI is InChI=1S/C20H22N4O2S/c1-2-3-9-14-23-15-24(27(25,26)16-10-5-4-6-11-16)20-19(23)21-17-12-7-8-13-18(17)22-20/h4-8,10-13H,2-3,9,14-15H2,1H3. The van der Waals surface area contributed by atoms with E-state index in [1.807, 2.05) is 29.2 Å². The summed E-state index contributed by atoms with van der Waals surface area (Å²) in [6.07, 6.45) is 3.19. The average Bonchev–Trinajstić information content (AvgIpc) is 3.05. The molecule has 1 aromatic heterocycles. The zero-order valence-electron chi connectivity index (χ0n) is 15.2. The second kappa shape index (κ2) is 7.15. The smallest absolute Gasteiger partial charge is 0.267 e. The first-order valence-corrected chi connectivity index (χ1v) is 10.6. The van der Waals surface area contributed by atoms with E-state index in [0.29, 0.717) is 17.2 Å². The maximum Gasteiger partial charge on any atom is 0.267 e. The van der Waals surface area contributed by atoms with Gasteiger partial charge in [-0.05, 0) is 30.7 Å². The van der Waals surface area contributed by atoms with Gasteiger partial charge in [-0.1, -0.05) is 50.1 Å². The van der Waals surface area contributed by atoms with Crippen LogP contribution in [0.1, 0.15) is 26.2 Å². The van der Waals surface area contributed by atoms with Crippen LogP contribution < -0.4 is 9.21 Å². The van der Waals surface area contributed by atoms with Crippen molar-refractivity contribution in [1.29, 1.82) is 0 Å². The van der Waals surface area contributed by atoms with Crippen molar-refractivity contribution in [2.75, 3.05) is 22.4 Å². The Balaban J connectivity index is 1.80. The molecule has 0 fully saturated rings. The molecule has 7 heteroatoms. The molecule has 0 amide bonds. The third kappa shape index (κ3) is 3.23. The Hall–Kier alpha value is -2.67. The van der Waals surface area contributed by atoms with Crippen molar-refractivity contribution in [3.05, 3.63) is 54.6 Å². The number of benzene rings is 2. The third-order valence-corrected chi connectivity index (χ3v) is 6.47. The third-order valence-electron chi connectivity index (χ3n) is 4.73. The van der Waals surface area contributed by atoms with E-state index in [0.717, 1.165) is 31.3 Å². The quantitative estimate of drug-likeness (QED) is 0.607. The second-order valence-electron chi connectivity index (χ2n) is 6.64. The number of hydrogen-bond donors (Lipinski definition) is 0. The summed E-state index contributed by atoms with van der Waals surface area (Å²) in [4.78, 5) is 11.7. The Morgan fingerprint density at radius 1 is 0.889 bits per heavy atom. The predicted octanol–water partition coefficient (Wildman–Crippen LogP) is 3.79. The molecule has 27 heavy (non-hydrogen) atoms. The number of sulfonamides is 1. The molecule has 3 aromatic rings. The van der Waals surface area contributed by atoms with Crippen molar-refractivity contribution in [2.45, 2.75) is 31.1 Å². The molecule has 0 spiro atoms. The molecular formula is C20H22N4O2S. The van der Waals surface area contributed by atoms with E-state index in [4.69, 9.17) is 4.98 Å². The minimum absolute atomic E-state index is 0.243. The first-order chi connectivity index (χ1) is 13.1. The van der Waals surface area contributed by atoms with Crippen LogP contribution >= 0.6 is 0 Å². The van der Waals surface area contributed by atoms with E-state index in [-0.39, 0.29) is 11.6 Å². The Morgan fingerprint density at radius 2 is 1.52 bits per heavy atom. The van der Waals surface area contributed by atoms with E-state index in [9.17, 15) is 8.42 Å². The Labute approximate surface area is 159 Å². The van der Waals surface area contributed by atoms with E-state index in [2.05, 4.69) is 11.9 Å². The molecule has 4 rings (SSSR count). The van der Waals surface area contributed by atoms with E-state index in [1.54, 1.807) is 30.3 Å². The lowest BCUT2D eigenvalue weighted by Gasteiger charge is -2.20. The van der Waals surface area contributed by atoms with Gasteiger partial charge in [0.25, 0.3) is 10.0 Å². The number of nitrogens with zero attached hydrogens (tertiary/aromatic N) is 4. The van der Waals surface area contributed by atoms with Gasteiger partial charge in [-0.15, -0.1) is 0 Å². The van der Waals surface area contributed by atoms with Crippen LogP contribution in [0.15, 0.2) is 59.5 Å². The molecule has 0 bridgehead atoms. The average molecular weight is 382 g/mol. The van der Waals surface area contributed by atoms with Gasteiger partial charge in [0, 0.05) is 6.54 Å². The van der Waals surface area contributed by atoms with Crippen LogP contribution in [0.25, 0.3) is 11.0 Å². The maximum absolute atomic E-state index is 13.2. The van der Waals surface area contributed by atoms with E-state index in [1.165, 1.54) is 4.31 Å². The lowest BCUT2D eigenvalue weighted by Crippen LogP contribution is -2.36. The van der Waals surface area contributed by atoms with Crippen LogP contribution in [0.2, 0.25) is 0 Å². The predicted molar refractivity (Wildman–Crippen MR) is 107 cm³/mol. The van der Waals surface area contributed by atoms with Crippen LogP contribution in [0.5, 0.6) is 0 Å². The summed E-state index contributed by atoms with van der Waals surface area (Å²) in [6.45, 7) is 3.15. The minimum atomic E-state index is -3.70. The van der Waals surface area contributed by atoms with E-state index < -0.39 is 10.0 Å². The van der Waals surface area contributed by atoms with Gasteiger partial charge in [0.05, 0.1) is 15.9 Å². The number of unbranched alkanes of at least 4 members (excludes halogenated alkanes) is 2. The van der Waals surface area contributed by atoms with Gasteiger partial charge in [-0.3, -0.25) is 0 Å². The molecular weight excluding hydrogens is 360 g/mol. The molecule has 0 N–H and O–H groups in total. The zero-order chi connectivity index (χ0) is 18.9. The first-order valence-electron chi connectivity index (χ1n) is 9.21. The van der Waals surface area contributed by atoms with Gasteiger partial charge >= 0.3 is 0 Å². The molecule has 0 atom stereocenters. The molecule has 2 aromatic carbocycles. The first kappa shape index (κ1) is 17.7. The second-order valence-corrected chi connectivity index (χ2v) is 8.50. The van der Waals surface area contributed by atoms with E-state index >= 15 is 0 Å². The summed E-state index contributed by atoms with van der Waals surface area (Å²) in [5, 5.41) is 0. The summed E-state index contributed by atoms with van der Waals surface area (Å²) in [6, 6.07) is 16.1. The maximum atomic E-state index is 13.2. The van der Waals surface area contributed by atoms with Gasteiger partial charge < -0.3 is 4.90 Å². The molecule has 0 saturated carbocycles. The molecule has 1 aliphatic rings. The number of fused-ring (bicyclic) bond motifs is 2. The van der Waals surface area contributed by atoms with Crippen molar-refractivity contribution >= 4 is 32.7 Å². The zero-order valence-corrected chi connectivity index (χ0v) is 16.1. The van der Waals surface area contributed by atoms with Crippen molar-refractivity contribution in [2.24, 2.45) is 0 Å². The molecule has 0 aliphatic carbocycles. The monoisotopic (exact) mass is 382 g/mol. The summed E-state index contributed by atoms with van der Waals surface area (Å²) in [5.41, 5.74) is 1.47. The van der Waals surface area contributed by atoms with Gasteiger partial charge in [0.2, 0.25) is 0 Å². The highest BCUT2D eigenvalue weighted by Crippen LogP contribution is 2.37. The number of hydrogen-bond acceptors (Lipinski definition) is 5. The molecule has 2 heterocycles. The van der Waals surface area contributed by atoms with Gasteiger partial charge in [-0.2, -0.15) is 0 Å². The van der Waals surface area contributed by atoms with Gasteiger partial charge in [0.15, 0.2) is 11.6 Å². The normalized spacial score (nSPS) is 14.0. The highest BCUT2D eigenvalue weighted by atomic mass is 32.2. The number of rotatable bonds is 6. The number of para-hydroxylation sites is 2. The van der Waals surface area contributed by atoms with Crippen LogP contribution in [0.3, 0.4) is 0 Å². The molecule has 1 aliphatic heterocycles. The lowest BCUT2D eigenvalue weighted by atomic mass is 10.2. The van der Waals surface area contributed by atoms with Gasteiger partial charge in [-0.25, -0.2) is 22.7 Å². The highest BCUT2D eigenvalue weighted by molar-refractivity contribution is 7.92. The fraction of sp³-hybridized carbons (Fsp3) is 0.300. The number of anilines is 2.